The van der Waals surface area contributed by atoms with Gasteiger partial charge in [0.15, 0.2) is 0 Å². The van der Waals surface area contributed by atoms with Gasteiger partial charge in [-0.1, -0.05) is 23.4 Å². The van der Waals surface area contributed by atoms with Gasteiger partial charge in [-0.3, -0.25) is 4.79 Å². The minimum atomic E-state index is -0.488. The predicted molar refractivity (Wildman–Crippen MR) is 94.4 cm³/mol. The van der Waals surface area contributed by atoms with Gasteiger partial charge in [-0.05, 0) is 30.3 Å². The number of nitrogens with one attached hydrogen (secondary N) is 1. The quantitative estimate of drug-likeness (QED) is 0.671. The number of methoxy groups -OCH3 is 1. The van der Waals surface area contributed by atoms with Crippen molar-refractivity contribution >= 4 is 17.6 Å². The molecule has 0 aliphatic heterocycles. The highest BCUT2D eigenvalue weighted by molar-refractivity contribution is 5.94. The van der Waals surface area contributed by atoms with Crippen LogP contribution in [0, 0.1) is 5.82 Å². The zero-order valence-electron chi connectivity index (χ0n) is 14.4. The summed E-state index contributed by atoms with van der Waals surface area (Å²) in [6.07, 6.45) is 0.283. The standard InChI is InChI=1S/C19H16FN3O4/c1-26-19(25)12-5-4-6-13(11-12)21-16(24)9-10-17-22-18(23-27-17)14-7-2-3-8-15(14)20/h2-8,11H,9-10H2,1H3,(H,21,24). The first kappa shape index (κ1) is 18.2. The van der Waals surface area contributed by atoms with Gasteiger partial charge in [0.2, 0.25) is 17.6 Å². The van der Waals surface area contributed by atoms with E-state index >= 15 is 0 Å². The van der Waals surface area contributed by atoms with E-state index in [1.165, 1.54) is 19.2 Å². The summed E-state index contributed by atoms with van der Waals surface area (Å²) in [5, 5.41) is 6.42. The number of amides is 1. The molecule has 0 aliphatic rings. The zero-order valence-corrected chi connectivity index (χ0v) is 14.4. The first-order chi connectivity index (χ1) is 13.1. The molecule has 0 atom stereocenters. The van der Waals surface area contributed by atoms with Crippen molar-refractivity contribution in [3.63, 3.8) is 0 Å². The first-order valence-electron chi connectivity index (χ1n) is 8.12. The fourth-order valence-corrected chi connectivity index (χ4v) is 2.39. The smallest absolute Gasteiger partial charge is 0.337 e. The molecule has 0 fully saturated rings. The summed E-state index contributed by atoms with van der Waals surface area (Å²) in [5.41, 5.74) is 1.04. The summed E-state index contributed by atoms with van der Waals surface area (Å²) in [6, 6.07) is 12.5. The van der Waals surface area contributed by atoms with Crippen LogP contribution in [0.5, 0.6) is 0 Å². The van der Waals surface area contributed by atoms with Gasteiger partial charge in [0.25, 0.3) is 0 Å². The van der Waals surface area contributed by atoms with Gasteiger partial charge in [-0.2, -0.15) is 4.98 Å². The minimum absolute atomic E-state index is 0.0847. The average Bonchev–Trinajstić information content (AvgIpc) is 3.15. The molecule has 3 rings (SSSR count). The Morgan fingerprint density at radius 1 is 1.19 bits per heavy atom. The summed E-state index contributed by atoms with van der Waals surface area (Å²) in [5.74, 6) is -0.866. The molecule has 0 spiro atoms. The van der Waals surface area contributed by atoms with Gasteiger partial charge in [0.05, 0.1) is 18.2 Å². The van der Waals surface area contributed by atoms with Crippen molar-refractivity contribution in [1.82, 2.24) is 10.1 Å². The Hall–Kier alpha value is -3.55. The van der Waals surface area contributed by atoms with E-state index in [9.17, 15) is 14.0 Å². The van der Waals surface area contributed by atoms with E-state index in [4.69, 9.17) is 4.52 Å². The minimum Gasteiger partial charge on any atom is -0.465 e. The maximum atomic E-state index is 13.7. The number of benzene rings is 2. The number of anilines is 1. The van der Waals surface area contributed by atoms with Gasteiger partial charge < -0.3 is 14.6 Å². The highest BCUT2D eigenvalue weighted by Gasteiger charge is 2.14. The number of nitrogens with zero attached hydrogens (tertiary/aromatic N) is 2. The second kappa shape index (κ2) is 8.22. The van der Waals surface area contributed by atoms with E-state index in [1.54, 1.807) is 36.4 Å². The number of carbonyl (C=O) groups is 2. The molecule has 0 bridgehead atoms. The number of aryl methyl sites for hydroxylation is 1. The third kappa shape index (κ3) is 4.55. The molecule has 0 saturated carbocycles. The number of hydrogen-bond donors (Lipinski definition) is 1. The van der Waals surface area contributed by atoms with Crippen molar-refractivity contribution in [1.29, 1.82) is 0 Å². The lowest BCUT2D eigenvalue weighted by atomic mass is 10.2. The largest absolute Gasteiger partial charge is 0.465 e. The second-order valence-corrected chi connectivity index (χ2v) is 5.61. The molecule has 138 valence electrons. The van der Waals surface area contributed by atoms with E-state index in [0.717, 1.165) is 0 Å². The van der Waals surface area contributed by atoms with E-state index in [-0.39, 0.29) is 36.0 Å². The highest BCUT2D eigenvalue weighted by Crippen LogP contribution is 2.19. The van der Waals surface area contributed by atoms with Crippen LogP contribution in [0.2, 0.25) is 0 Å². The molecular weight excluding hydrogens is 353 g/mol. The summed E-state index contributed by atoms with van der Waals surface area (Å²) >= 11 is 0. The average molecular weight is 369 g/mol. The summed E-state index contributed by atoms with van der Waals surface area (Å²) in [7, 11) is 1.29. The van der Waals surface area contributed by atoms with E-state index in [2.05, 4.69) is 20.2 Å². The van der Waals surface area contributed by atoms with Crippen LogP contribution in [-0.2, 0) is 16.0 Å². The fraction of sp³-hybridized carbons (Fsp3) is 0.158. The number of esters is 1. The molecule has 0 unspecified atom stereocenters. The van der Waals surface area contributed by atoms with Crippen molar-refractivity contribution in [3.05, 3.63) is 65.8 Å². The van der Waals surface area contributed by atoms with Gasteiger partial charge in [-0.15, -0.1) is 0 Å². The summed E-state index contributed by atoms with van der Waals surface area (Å²) < 4.78 is 23.5. The Morgan fingerprint density at radius 2 is 2.00 bits per heavy atom. The van der Waals surface area contributed by atoms with E-state index in [0.29, 0.717) is 11.3 Å². The van der Waals surface area contributed by atoms with Crippen LogP contribution >= 0.6 is 0 Å². The fourth-order valence-electron chi connectivity index (χ4n) is 2.39. The van der Waals surface area contributed by atoms with Crippen LogP contribution in [0.25, 0.3) is 11.4 Å². The van der Waals surface area contributed by atoms with Crippen molar-refractivity contribution in [2.24, 2.45) is 0 Å². The molecule has 7 nitrogen and oxygen atoms in total. The molecular formula is C19H16FN3O4. The molecule has 8 heteroatoms. The van der Waals surface area contributed by atoms with Gasteiger partial charge in [0.1, 0.15) is 5.82 Å². The number of rotatable bonds is 6. The molecule has 27 heavy (non-hydrogen) atoms. The number of carbonyl (C=O) groups excluding carboxylic acids is 2. The Bertz CT molecular complexity index is 971. The number of hydrogen-bond acceptors (Lipinski definition) is 6. The number of halogens is 1. The van der Waals surface area contributed by atoms with Crippen LogP contribution in [0.1, 0.15) is 22.7 Å². The van der Waals surface area contributed by atoms with Gasteiger partial charge in [0, 0.05) is 18.5 Å². The molecule has 3 aromatic rings. The normalized spacial score (nSPS) is 10.4. The number of aromatic nitrogens is 2. The maximum Gasteiger partial charge on any atom is 0.337 e. The molecule has 0 aliphatic carbocycles. The third-order valence-electron chi connectivity index (χ3n) is 3.72. The Labute approximate surface area is 154 Å². The Morgan fingerprint density at radius 3 is 2.78 bits per heavy atom. The topological polar surface area (TPSA) is 94.3 Å². The maximum absolute atomic E-state index is 13.7. The Balaban J connectivity index is 1.59. The second-order valence-electron chi connectivity index (χ2n) is 5.61. The lowest BCUT2D eigenvalue weighted by Gasteiger charge is -2.06. The molecule has 2 aromatic carbocycles. The highest BCUT2D eigenvalue weighted by atomic mass is 19.1. The Kier molecular flexibility index (Phi) is 5.55. The van der Waals surface area contributed by atoms with Crippen LogP contribution in [-0.4, -0.2) is 29.1 Å². The predicted octanol–water partition coefficient (Wildman–Crippen LogP) is 3.23. The van der Waals surface area contributed by atoms with E-state index in [1.807, 2.05) is 0 Å². The first-order valence-corrected chi connectivity index (χ1v) is 8.12. The molecule has 1 aromatic heterocycles. The lowest BCUT2D eigenvalue weighted by Crippen LogP contribution is -2.13. The molecule has 1 heterocycles. The SMILES string of the molecule is COC(=O)c1cccc(NC(=O)CCc2nc(-c3ccccc3F)no2)c1. The van der Waals surface area contributed by atoms with Crippen molar-refractivity contribution in [3.8, 4) is 11.4 Å². The van der Waals surface area contributed by atoms with Crippen LogP contribution < -0.4 is 5.32 Å². The third-order valence-corrected chi connectivity index (χ3v) is 3.72. The molecule has 1 N–H and O–H groups in total. The molecule has 0 saturated heterocycles. The summed E-state index contributed by atoms with van der Waals surface area (Å²) in [6.45, 7) is 0. The van der Waals surface area contributed by atoms with Crippen LogP contribution in [0.4, 0.5) is 10.1 Å². The van der Waals surface area contributed by atoms with Crippen molar-refractivity contribution in [2.45, 2.75) is 12.8 Å². The summed E-state index contributed by atoms with van der Waals surface area (Å²) in [4.78, 5) is 27.7. The van der Waals surface area contributed by atoms with Crippen LogP contribution in [0.15, 0.2) is 53.1 Å². The van der Waals surface area contributed by atoms with Gasteiger partial charge >= 0.3 is 5.97 Å². The van der Waals surface area contributed by atoms with Crippen molar-refractivity contribution < 1.29 is 23.2 Å². The van der Waals surface area contributed by atoms with Gasteiger partial charge in [-0.25, -0.2) is 9.18 Å². The van der Waals surface area contributed by atoms with Crippen LogP contribution in [0.3, 0.4) is 0 Å². The molecule has 0 radical (unpaired) electrons. The lowest BCUT2D eigenvalue weighted by molar-refractivity contribution is -0.116. The molecule has 1 amide bonds. The number of ether oxygens (including phenoxy) is 1. The van der Waals surface area contributed by atoms with Crippen molar-refractivity contribution in [2.75, 3.05) is 12.4 Å². The zero-order chi connectivity index (χ0) is 19.2. The van der Waals surface area contributed by atoms with E-state index < -0.39 is 11.8 Å². The monoisotopic (exact) mass is 369 g/mol.